The van der Waals surface area contributed by atoms with Crippen LogP contribution in [0.2, 0.25) is 0 Å². The van der Waals surface area contributed by atoms with Crippen molar-refractivity contribution >= 4 is 11.6 Å². The number of nitrogens with zero attached hydrogens (tertiary/aromatic N) is 1. The van der Waals surface area contributed by atoms with Crippen molar-refractivity contribution in [1.29, 1.82) is 0 Å². The predicted molar refractivity (Wildman–Crippen MR) is 68.9 cm³/mol. The SMILES string of the molecule is CC1CCC/C(=N\NC(=O)c2ccccc2F)C1. The van der Waals surface area contributed by atoms with Gasteiger partial charge in [0.15, 0.2) is 0 Å². The molecule has 0 radical (unpaired) electrons. The first-order valence-corrected chi connectivity index (χ1v) is 6.27. The molecule has 1 aliphatic carbocycles. The second kappa shape index (κ2) is 5.76. The van der Waals surface area contributed by atoms with E-state index in [2.05, 4.69) is 17.5 Å². The lowest BCUT2D eigenvalue weighted by Crippen LogP contribution is -2.23. The molecule has 2 rings (SSSR count). The van der Waals surface area contributed by atoms with Gasteiger partial charge in [-0.25, -0.2) is 9.82 Å². The molecule has 1 N–H and O–H groups in total. The molecule has 1 fully saturated rings. The molecule has 1 aromatic rings. The van der Waals surface area contributed by atoms with E-state index < -0.39 is 11.7 Å². The van der Waals surface area contributed by atoms with E-state index in [0.29, 0.717) is 5.92 Å². The lowest BCUT2D eigenvalue weighted by molar-refractivity contribution is 0.0950. The second-order valence-electron chi connectivity index (χ2n) is 4.80. The van der Waals surface area contributed by atoms with Crippen molar-refractivity contribution < 1.29 is 9.18 Å². The monoisotopic (exact) mass is 248 g/mol. The molecule has 0 bridgehead atoms. The quantitative estimate of drug-likeness (QED) is 0.803. The maximum Gasteiger partial charge on any atom is 0.274 e. The molecule has 1 aliphatic rings. The molecule has 0 saturated heterocycles. The first-order chi connectivity index (χ1) is 8.66. The number of halogens is 1. The summed E-state index contributed by atoms with van der Waals surface area (Å²) in [7, 11) is 0. The third-order valence-corrected chi connectivity index (χ3v) is 3.18. The van der Waals surface area contributed by atoms with Gasteiger partial charge in [-0.1, -0.05) is 19.1 Å². The molecule has 1 unspecified atom stereocenters. The standard InChI is InChI=1S/C14H17FN2O/c1-10-5-4-6-11(9-10)16-17-14(18)12-7-2-3-8-13(12)15/h2-3,7-8,10H,4-6,9H2,1H3,(H,17,18)/b16-11+. The van der Waals surface area contributed by atoms with Gasteiger partial charge in [-0.2, -0.15) is 5.10 Å². The maximum absolute atomic E-state index is 13.4. The van der Waals surface area contributed by atoms with Crippen LogP contribution in [0.5, 0.6) is 0 Å². The topological polar surface area (TPSA) is 41.5 Å². The molecule has 0 heterocycles. The summed E-state index contributed by atoms with van der Waals surface area (Å²) in [4.78, 5) is 11.7. The van der Waals surface area contributed by atoms with Gasteiger partial charge in [0.2, 0.25) is 0 Å². The number of benzene rings is 1. The average Bonchev–Trinajstić information content (AvgIpc) is 2.37. The van der Waals surface area contributed by atoms with Crippen molar-refractivity contribution in [2.75, 3.05) is 0 Å². The van der Waals surface area contributed by atoms with E-state index in [1.165, 1.54) is 18.6 Å². The zero-order valence-electron chi connectivity index (χ0n) is 10.4. The van der Waals surface area contributed by atoms with Crippen LogP contribution >= 0.6 is 0 Å². The van der Waals surface area contributed by atoms with Crippen molar-refractivity contribution in [2.24, 2.45) is 11.0 Å². The van der Waals surface area contributed by atoms with Gasteiger partial charge in [0.1, 0.15) is 5.82 Å². The van der Waals surface area contributed by atoms with Crippen molar-refractivity contribution in [1.82, 2.24) is 5.43 Å². The van der Waals surface area contributed by atoms with Crippen molar-refractivity contribution in [3.05, 3.63) is 35.6 Å². The van der Waals surface area contributed by atoms with Gasteiger partial charge in [0.05, 0.1) is 5.56 Å². The molecule has 1 aromatic carbocycles. The summed E-state index contributed by atoms with van der Waals surface area (Å²) in [5, 5.41) is 4.10. The summed E-state index contributed by atoms with van der Waals surface area (Å²) in [6.07, 6.45) is 4.15. The van der Waals surface area contributed by atoms with Crippen molar-refractivity contribution in [3.8, 4) is 0 Å². The molecule has 0 aliphatic heterocycles. The number of hydrogen-bond acceptors (Lipinski definition) is 2. The largest absolute Gasteiger partial charge is 0.274 e. The highest BCUT2D eigenvalue weighted by Gasteiger charge is 2.15. The zero-order chi connectivity index (χ0) is 13.0. The number of nitrogens with one attached hydrogen (secondary N) is 1. The van der Waals surface area contributed by atoms with Gasteiger partial charge < -0.3 is 0 Å². The van der Waals surface area contributed by atoms with Crippen molar-refractivity contribution in [3.63, 3.8) is 0 Å². The van der Waals surface area contributed by atoms with Gasteiger partial charge in [-0.3, -0.25) is 4.79 Å². The summed E-state index contributed by atoms with van der Waals surface area (Å²) in [6, 6.07) is 5.91. The lowest BCUT2D eigenvalue weighted by atomic mass is 9.89. The fourth-order valence-electron chi connectivity index (χ4n) is 2.20. The second-order valence-corrected chi connectivity index (χ2v) is 4.80. The molecule has 3 nitrogen and oxygen atoms in total. The molecule has 96 valence electrons. The number of carbonyl (C=O) groups excluding carboxylic acids is 1. The van der Waals surface area contributed by atoms with E-state index in [1.807, 2.05) is 0 Å². The van der Waals surface area contributed by atoms with Crippen LogP contribution in [0.1, 0.15) is 43.0 Å². The Morgan fingerprint density at radius 1 is 1.44 bits per heavy atom. The van der Waals surface area contributed by atoms with Crippen LogP contribution < -0.4 is 5.43 Å². The highest BCUT2D eigenvalue weighted by molar-refractivity contribution is 5.95. The summed E-state index contributed by atoms with van der Waals surface area (Å²) in [5.74, 6) is -0.395. The summed E-state index contributed by atoms with van der Waals surface area (Å²) in [5.41, 5.74) is 3.47. The van der Waals surface area contributed by atoms with Crippen LogP contribution in [0.4, 0.5) is 4.39 Å². The molecule has 4 heteroatoms. The highest BCUT2D eigenvalue weighted by Crippen LogP contribution is 2.20. The average molecular weight is 248 g/mol. The number of hydrogen-bond donors (Lipinski definition) is 1. The Kier molecular flexibility index (Phi) is 4.07. The number of amides is 1. The summed E-state index contributed by atoms with van der Waals surface area (Å²) >= 11 is 0. The Hall–Kier alpha value is -1.71. The van der Waals surface area contributed by atoms with Gasteiger partial charge >= 0.3 is 0 Å². The summed E-state index contributed by atoms with van der Waals surface area (Å²) < 4.78 is 13.4. The Bertz CT molecular complexity index is 471. The highest BCUT2D eigenvalue weighted by atomic mass is 19.1. The van der Waals surface area contributed by atoms with Crippen LogP contribution in [0.3, 0.4) is 0 Å². The van der Waals surface area contributed by atoms with E-state index in [9.17, 15) is 9.18 Å². The van der Waals surface area contributed by atoms with Gasteiger partial charge in [0.25, 0.3) is 5.91 Å². The molecular formula is C14H17FN2O. The molecular weight excluding hydrogens is 231 g/mol. The Morgan fingerprint density at radius 3 is 2.94 bits per heavy atom. The molecule has 1 atom stereocenters. The molecule has 1 amide bonds. The number of rotatable bonds is 2. The minimum absolute atomic E-state index is 0.0331. The van der Waals surface area contributed by atoms with Gasteiger partial charge in [0, 0.05) is 5.71 Å². The fraction of sp³-hybridized carbons (Fsp3) is 0.429. The van der Waals surface area contributed by atoms with Gasteiger partial charge in [-0.05, 0) is 43.7 Å². The maximum atomic E-state index is 13.4. The van der Waals surface area contributed by atoms with E-state index in [0.717, 1.165) is 25.0 Å². The minimum atomic E-state index is -0.521. The normalized spacial score (nSPS) is 21.9. The minimum Gasteiger partial charge on any atom is -0.267 e. The van der Waals surface area contributed by atoms with Gasteiger partial charge in [-0.15, -0.1) is 0 Å². The van der Waals surface area contributed by atoms with Crippen LogP contribution in [-0.2, 0) is 0 Å². The molecule has 1 saturated carbocycles. The summed E-state index contributed by atoms with van der Waals surface area (Å²) in [6.45, 7) is 2.17. The number of hydrazone groups is 1. The molecule has 0 spiro atoms. The third-order valence-electron chi connectivity index (χ3n) is 3.18. The fourth-order valence-corrected chi connectivity index (χ4v) is 2.20. The van der Waals surface area contributed by atoms with E-state index in [4.69, 9.17) is 0 Å². The first kappa shape index (κ1) is 12.7. The zero-order valence-corrected chi connectivity index (χ0v) is 10.4. The van der Waals surface area contributed by atoms with E-state index in [1.54, 1.807) is 12.1 Å². The van der Waals surface area contributed by atoms with Crippen LogP contribution in [0.25, 0.3) is 0 Å². The van der Waals surface area contributed by atoms with E-state index in [-0.39, 0.29) is 5.56 Å². The van der Waals surface area contributed by atoms with Crippen LogP contribution in [-0.4, -0.2) is 11.6 Å². The molecule has 18 heavy (non-hydrogen) atoms. The van der Waals surface area contributed by atoms with Crippen molar-refractivity contribution in [2.45, 2.75) is 32.6 Å². The number of carbonyl (C=O) groups is 1. The van der Waals surface area contributed by atoms with Crippen LogP contribution in [0, 0.1) is 11.7 Å². The Labute approximate surface area is 106 Å². The third kappa shape index (κ3) is 3.15. The Balaban J connectivity index is 2.00. The Morgan fingerprint density at radius 2 is 2.22 bits per heavy atom. The first-order valence-electron chi connectivity index (χ1n) is 6.27. The molecule has 0 aromatic heterocycles. The van der Waals surface area contributed by atoms with Crippen LogP contribution in [0.15, 0.2) is 29.4 Å². The lowest BCUT2D eigenvalue weighted by Gasteiger charge is -2.18. The van der Waals surface area contributed by atoms with E-state index >= 15 is 0 Å². The predicted octanol–water partition coefficient (Wildman–Crippen LogP) is 3.12. The smallest absolute Gasteiger partial charge is 0.267 e.